The lowest BCUT2D eigenvalue weighted by atomic mass is 10.2. The highest BCUT2D eigenvalue weighted by Crippen LogP contribution is 2.12. The van der Waals surface area contributed by atoms with Crippen LogP contribution in [-0.4, -0.2) is 179 Å². The highest BCUT2D eigenvalue weighted by molar-refractivity contribution is 7.86. The number of aryl methyl sites for hydroxylation is 1. The maximum absolute atomic E-state index is 12.1. The minimum absolute atomic E-state index is 0.0616. The zero-order chi connectivity index (χ0) is 36.1. The second kappa shape index (κ2) is 36.3. The predicted molar refractivity (Wildman–Crippen MR) is 185 cm³/mol. The van der Waals surface area contributed by atoms with Gasteiger partial charge < -0.3 is 56.8 Å². The first-order valence-electron chi connectivity index (χ1n) is 17.0. The fourth-order valence-corrected chi connectivity index (χ4v) is 4.55. The number of hydrogen-bond donors (Lipinski definition) is 0. The SMILES string of the molecule is Cc1ccc(S(=O)(=O)OCCOCCOCCOCCOCCOCCOCCOCCOCCOCCOCCOCCOCCCl)cc1. The Morgan fingerprint density at radius 3 is 0.840 bits per heavy atom. The van der Waals surface area contributed by atoms with Crippen molar-refractivity contribution in [3.05, 3.63) is 29.8 Å². The van der Waals surface area contributed by atoms with Gasteiger partial charge in [-0.05, 0) is 19.1 Å². The third kappa shape index (κ3) is 31.7. The van der Waals surface area contributed by atoms with E-state index in [0.29, 0.717) is 158 Å². The predicted octanol–water partition coefficient (Wildman–Crippen LogP) is 2.14. The lowest BCUT2D eigenvalue weighted by Crippen LogP contribution is -2.16. The van der Waals surface area contributed by atoms with E-state index in [0.717, 1.165) is 5.56 Å². The minimum Gasteiger partial charge on any atom is -0.378 e. The molecule has 0 fully saturated rings. The van der Waals surface area contributed by atoms with E-state index in [9.17, 15) is 8.42 Å². The van der Waals surface area contributed by atoms with Crippen molar-refractivity contribution in [1.82, 2.24) is 0 Å². The molecule has 0 saturated carbocycles. The smallest absolute Gasteiger partial charge is 0.297 e. The van der Waals surface area contributed by atoms with Crippen molar-refractivity contribution in [2.45, 2.75) is 11.8 Å². The first-order chi connectivity index (χ1) is 24.6. The molecule has 0 aliphatic heterocycles. The molecule has 0 unspecified atom stereocenters. The molecule has 0 aliphatic rings. The Morgan fingerprint density at radius 1 is 0.380 bits per heavy atom. The summed E-state index contributed by atoms with van der Waals surface area (Å²) in [6.07, 6.45) is 0. The Kier molecular flexibility index (Phi) is 34.1. The van der Waals surface area contributed by atoms with Gasteiger partial charge in [-0.3, -0.25) is 4.18 Å². The zero-order valence-corrected chi connectivity index (χ0v) is 31.2. The van der Waals surface area contributed by atoms with E-state index in [2.05, 4.69) is 0 Å². The van der Waals surface area contributed by atoms with Crippen LogP contribution >= 0.6 is 11.6 Å². The average molecular weight is 763 g/mol. The quantitative estimate of drug-likeness (QED) is 0.0545. The maximum Gasteiger partial charge on any atom is 0.297 e. The van der Waals surface area contributed by atoms with Gasteiger partial charge in [0.25, 0.3) is 10.1 Å². The number of hydrogen-bond acceptors (Lipinski definition) is 15. The fraction of sp³-hybridized carbons (Fsp3) is 0.818. The fourth-order valence-electron chi connectivity index (χ4n) is 3.55. The van der Waals surface area contributed by atoms with Gasteiger partial charge in [0.15, 0.2) is 0 Å². The molecule has 0 spiro atoms. The largest absolute Gasteiger partial charge is 0.378 e. The maximum atomic E-state index is 12.1. The molecule has 0 bridgehead atoms. The molecule has 50 heavy (non-hydrogen) atoms. The summed E-state index contributed by atoms with van der Waals surface area (Å²) in [5.41, 5.74) is 0.974. The number of rotatable bonds is 40. The van der Waals surface area contributed by atoms with E-state index in [1.807, 2.05) is 6.92 Å². The Hall–Kier alpha value is -1.06. The third-order valence-electron chi connectivity index (χ3n) is 6.09. The molecule has 0 amide bonds. The summed E-state index contributed by atoms with van der Waals surface area (Å²) in [5, 5.41) is 0. The third-order valence-corrected chi connectivity index (χ3v) is 7.57. The number of halogens is 1. The van der Waals surface area contributed by atoms with Crippen molar-refractivity contribution >= 4 is 21.7 Å². The van der Waals surface area contributed by atoms with Crippen LogP contribution in [0.25, 0.3) is 0 Å². The van der Waals surface area contributed by atoms with E-state index in [4.69, 9.17) is 72.6 Å². The van der Waals surface area contributed by atoms with Crippen LogP contribution in [0.1, 0.15) is 5.56 Å². The van der Waals surface area contributed by atoms with Crippen molar-refractivity contribution < 1.29 is 69.4 Å². The molecule has 0 saturated heterocycles. The lowest BCUT2D eigenvalue weighted by molar-refractivity contribution is -0.0284. The summed E-state index contributed by atoms with van der Waals surface area (Å²) >= 11 is 5.51. The second-order valence-corrected chi connectivity index (χ2v) is 12.1. The molecule has 0 atom stereocenters. The standard InChI is InChI=1S/C33H59ClO15S/c1-32-2-4-33(5-3-32)50(35,36)49-31-30-48-29-28-47-27-26-46-25-24-45-23-22-44-21-20-43-19-18-42-17-16-41-15-14-40-13-12-39-11-10-38-9-8-37-7-6-34/h2-5H,6-31H2,1H3. The Morgan fingerprint density at radius 2 is 0.600 bits per heavy atom. The van der Waals surface area contributed by atoms with Gasteiger partial charge in [-0.25, -0.2) is 0 Å². The Bertz CT molecular complexity index is 944. The molecular formula is C33H59ClO15S. The minimum atomic E-state index is -3.78. The van der Waals surface area contributed by atoms with Gasteiger partial charge in [0.05, 0.1) is 170 Å². The number of alkyl halides is 1. The summed E-state index contributed by atoms with van der Waals surface area (Å²) in [7, 11) is -3.78. The monoisotopic (exact) mass is 762 g/mol. The molecule has 0 aliphatic carbocycles. The summed E-state index contributed by atoms with van der Waals surface area (Å²) in [6, 6.07) is 6.48. The molecule has 0 radical (unpaired) electrons. The van der Waals surface area contributed by atoms with Crippen LogP contribution < -0.4 is 0 Å². The molecule has 0 aromatic heterocycles. The van der Waals surface area contributed by atoms with Crippen molar-refractivity contribution in [2.24, 2.45) is 0 Å². The molecule has 294 valence electrons. The van der Waals surface area contributed by atoms with Crippen LogP contribution in [0.3, 0.4) is 0 Å². The summed E-state index contributed by atoms with van der Waals surface area (Å²) in [6.45, 7) is 13.0. The number of benzene rings is 1. The normalized spacial score (nSPS) is 11.9. The first-order valence-corrected chi connectivity index (χ1v) is 19.0. The van der Waals surface area contributed by atoms with Gasteiger partial charge in [0, 0.05) is 5.88 Å². The van der Waals surface area contributed by atoms with Gasteiger partial charge in [0.2, 0.25) is 0 Å². The van der Waals surface area contributed by atoms with Crippen molar-refractivity contribution in [3.63, 3.8) is 0 Å². The van der Waals surface area contributed by atoms with Gasteiger partial charge in [-0.15, -0.1) is 11.6 Å². The van der Waals surface area contributed by atoms with E-state index >= 15 is 0 Å². The molecule has 0 N–H and O–H groups in total. The molecule has 15 nitrogen and oxygen atoms in total. The van der Waals surface area contributed by atoms with E-state index < -0.39 is 10.1 Å². The highest BCUT2D eigenvalue weighted by Gasteiger charge is 2.14. The van der Waals surface area contributed by atoms with Gasteiger partial charge in [-0.2, -0.15) is 8.42 Å². The molecule has 1 aromatic rings. The van der Waals surface area contributed by atoms with E-state index in [1.54, 1.807) is 12.1 Å². The van der Waals surface area contributed by atoms with Crippen molar-refractivity contribution in [2.75, 3.05) is 171 Å². The summed E-state index contributed by atoms with van der Waals surface area (Å²) in [5.74, 6) is 0.490. The van der Waals surface area contributed by atoms with Crippen LogP contribution in [0, 0.1) is 6.92 Å². The van der Waals surface area contributed by atoms with Crippen LogP contribution in [0.5, 0.6) is 0 Å². The molecular weight excluding hydrogens is 704 g/mol. The van der Waals surface area contributed by atoms with Gasteiger partial charge in [-0.1, -0.05) is 17.7 Å². The van der Waals surface area contributed by atoms with Crippen LogP contribution in [0.2, 0.25) is 0 Å². The summed E-state index contributed by atoms with van der Waals surface area (Å²) < 4.78 is 94.1. The summed E-state index contributed by atoms with van der Waals surface area (Å²) in [4.78, 5) is 0.126. The lowest BCUT2D eigenvalue weighted by Gasteiger charge is -2.09. The average Bonchev–Trinajstić information content (AvgIpc) is 3.11. The highest BCUT2D eigenvalue weighted by atomic mass is 35.5. The van der Waals surface area contributed by atoms with Crippen LogP contribution in [0.4, 0.5) is 0 Å². The Labute approximate surface area is 303 Å². The second-order valence-electron chi connectivity index (χ2n) is 10.1. The van der Waals surface area contributed by atoms with Crippen molar-refractivity contribution in [3.8, 4) is 0 Å². The topological polar surface area (TPSA) is 154 Å². The van der Waals surface area contributed by atoms with E-state index in [1.165, 1.54) is 12.1 Å². The first kappa shape index (κ1) is 47.0. The zero-order valence-electron chi connectivity index (χ0n) is 29.6. The molecule has 0 heterocycles. The van der Waals surface area contributed by atoms with Crippen molar-refractivity contribution in [1.29, 1.82) is 0 Å². The van der Waals surface area contributed by atoms with Crippen LogP contribution in [-0.2, 0) is 71.1 Å². The van der Waals surface area contributed by atoms with Gasteiger partial charge >= 0.3 is 0 Å². The Balaban J connectivity index is 1.66. The molecule has 1 rings (SSSR count). The molecule has 17 heteroatoms. The molecule has 1 aromatic carbocycles. The number of ether oxygens (including phenoxy) is 12. The van der Waals surface area contributed by atoms with Crippen LogP contribution in [0.15, 0.2) is 29.2 Å². The van der Waals surface area contributed by atoms with E-state index in [-0.39, 0.29) is 18.1 Å². The van der Waals surface area contributed by atoms with Gasteiger partial charge in [0.1, 0.15) is 0 Å².